The van der Waals surface area contributed by atoms with Crippen LogP contribution in [0.1, 0.15) is 5.56 Å². The molecular formula is C9H8N2Se. The summed E-state index contributed by atoms with van der Waals surface area (Å²) in [7, 11) is 0. The molecule has 0 radical (unpaired) electrons. The first-order valence-corrected chi connectivity index (χ1v) is 5.54. The van der Waals surface area contributed by atoms with Crippen LogP contribution in [0, 0.1) is 6.92 Å². The third kappa shape index (κ3) is 1.47. The van der Waals surface area contributed by atoms with Crippen LogP contribution < -0.4 is 0 Å². The van der Waals surface area contributed by atoms with Crippen LogP contribution in [0.15, 0.2) is 29.3 Å². The molecule has 2 aromatic rings. The van der Waals surface area contributed by atoms with Gasteiger partial charge in [0.15, 0.2) is 0 Å². The van der Waals surface area contributed by atoms with Gasteiger partial charge in [-0.15, -0.1) is 0 Å². The first kappa shape index (κ1) is 7.71. The van der Waals surface area contributed by atoms with Crippen LogP contribution >= 0.6 is 0 Å². The minimum absolute atomic E-state index is 0.343. The molecule has 1 aromatic carbocycles. The number of aryl methyl sites for hydroxylation is 1. The summed E-state index contributed by atoms with van der Waals surface area (Å²) in [5, 5.41) is 9.79. The molecule has 60 valence electrons. The number of nitrogens with zero attached hydrogens (tertiary/aromatic N) is 2. The van der Waals surface area contributed by atoms with Gasteiger partial charge in [-0.05, 0) is 0 Å². The molecule has 0 atom stereocenters. The Kier molecular flexibility index (Phi) is 2.07. The summed E-state index contributed by atoms with van der Waals surface area (Å²) in [5.41, 5.74) is 2.49. The number of rotatable bonds is 1. The van der Waals surface area contributed by atoms with Crippen LogP contribution in [-0.4, -0.2) is 24.7 Å². The summed E-state index contributed by atoms with van der Waals surface area (Å²) in [5.74, 6) is 0. The van der Waals surface area contributed by atoms with Crippen molar-refractivity contribution in [3.8, 4) is 10.1 Å². The Morgan fingerprint density at radius 1 is 1.17 bits per heavy atom. The van der Waals surface area contributed by atoms with E-state index in [1.807, 2.05) is 5.07 Å². The summed E-state index contributed by atoms with van der Waals surface area (Å²) < 4.78 is 1.13. The van der Waals surface area contributed by atoms with Crippen molar-refractivity contribution in [2.45, 2.75) is 6.92 Å². The van der Waals surface area contributed by atoms with Gasteiger partial charge in [0.05, 0.1) is 0 Å². The van der Waals surface area contributed by atoms with E-state index in [0.29, 0.717) is 14.5 Å². The number of aromatic nitrogens is 2. The van der Waals surface area contributed by atoms with Crippen molar-refractivity contribution in [3.05, 3.63) is 34.9 Å². The molecule has 12 heavy (non-hydrogen) atoms. The molecule has 1 aromatic heterocycles. The molecule has 0 bridgehead atoms. The first-order valence-electron chi connectivity index (χ1n) is 3.69. The zero-order valence-electron chi connectivity index (χ0n) is 6.69. The van der Waals surface area contributed by atoms with Gasteiger partial charge in [0.2, 0.25) is 0 Å². The maximum absolute atomic E-state index is 4.05. The summed E-state index contributed by atoms with van der Waals surface area (Å²) in [6.07, 6.45) is 0. The van der Waals surface area contributed by atoms with E-state index in [2.05, 4.69) is 41.4 Å². The fourth-order valence-corrected chi connectivity index (χ4v) is 2.17. The minimum atomic E-state index is 0.343. The van der Waals surface area contributed by atoms with E-state index in [1.54, 1.807) is 0 Å². The molecule has 0 unspecified atom stereocenters. The van der Waals surface area contributed by atoms with Crippen LogP contribution in [0.25, 0.3) is 10.1 Å². The second kappa shape index (κ2) is 3.21. The fourth-order valence-electron chi connectivity index (χ4n) is 0.995. The van der Waals surface area contributed by atoms with Gasteiger partial charge in [-0.25, -0.2) is 0 Å². The molecular weight excluding hydrogens is 215 g/mol. The fraction of sp³-hybridized carbons (Fsp3) is 0.111. The normalized spacial score (nSPS) is 10.1. The van der Waals surface area contributed by atoms with Gasteiger partial charge >= 0.3 is 76.7 Å². The van der Waals surface area contributed by atoms with Gasteiger partial charge in [0, 0.05) is 0 Å². The van der Waals surface area contributed by atoms with E-state index in [1.165, 1.54) is 11.1 Å². The van der Waals surface area contributed by atoms with Gasteiger partial charge in [-0.3, -0.25) is 0 Å². The molecule has 0 N–H and O–H groups in total. The van der Waals surface area contributed by atoms with Crippen LogP contribution in [0.4, 0.5) is 0 Å². The Hall–Kier alpha value is -0.921. The van der Waals surface area contributed by atoms with E-state index in [4.69, 9.17) is 0 Å². The molecule has 0 aliphatic heterocycles. The second-order valence-electron chi connectivity index (χ2n) is 2.61. The van der Waals surface area contributed by atoms with Crippen molar-refractivity contribution in [1.82, 2.24) is 10.2 Å². The van der Waals surface area contributed by atoms with Gasteiger partial charge < -0.3 is 0 Å². The molecule has 0 saturated carbocycles. The molecule has 3 heteroatoms. The van der Waals surface area contributed by atoms with Crippen LogP contribution in [-0.2, 0) is 0 Å². The average Bonchev–Trinajstić information content (AvgIpc) is 2.58. The standard InChI is InChI=1S/C9H8N2Se/c1-7-2-4-8(5-3-7)9-11-10-6-12-9/h2-6H,1H3. The Bertz CT molecular complexity index is 351. The monoisotopic (exact) mass is 224 g/mol. The molecule has 2 rings (SSSR count). The van der Waals surface area contributed by atoms with Crippen molar-refractivity contribution in [2.24, 2.45) is 0 Å². The second-order valence-corrected chi connectivity index (χ2v) is 4.36. The first-order chi connectivity index (χ1) is 5.86. The van der Waals surface area contributed by atoms with Crippen LogP contribution in [0.3, 0.4) is 0 Å². The van der Waals surface area contributed by atoms with Crippen molar-refractivity contribution in [2.75, 3.05) is 0 Å². The maximum atomic E-state index is 4.05. The van der Waals surface area contributed by atoms with Gasteiger partial charge in [0.25, 0.3) is 0 Å². The zero-order valence-corrected chi connectivity index (χ0v) is 8.40. The number of hydrogen-bond donors (Lipinski definition) is 0. The van der Waals surface area contributed by atoms with E-state index in [-0.39, 0.29) is 0 Å². The topological polar surface area (TPSA) is 25.8 Å². The quantitative estimate of drug-likeness (QED) is 0.685. The third-order valence-electron chi connectivity index (χ3n) is 1.66. The van der Waals surface area contributed by atoms with Crippen LogP contribution in [0.5, 0.6) is 0 Å². The molecule has 0 saturated heterocycles. The van der Waals surface area contributed by atoms with Crippen molar-refractivity contribution in [3.63, 3.8) is 0 Å². The zero-order chi connectivity index (χ0) is 8.39. The van der Waals surface area contributed by atoms with E-state index < -0.39 is 0 Å². The predicted octanol–water partition coefficient (Wildman–Crippen LogP) is 1.51. The van der Waals surface area contributed by atoms with Gasteiger partial charge in [0.1, 0.15) is 0 Å². The van der Waals surface area contributed by atoms with Crippen molar-refractivity contribution in [1.29, 1.82) is 0 Å². The Morgan fingerprint density at radius 3 is 2.50 bits per heavy atom. The number of hydrogen-bond acceptors (Lipinski definition) is 2. The Morgan fingerprint density at radius 2 is 1.92 bits per heavy atom. The molecule has 0 aliphatic rings. The Balaban J connectivity index is 2.43. The molecule has 0 aliphatic carbocycles. The molecule has 0 fully saturated rings. The van der Waals surface area contributed by atoms with Crippen molar-refractivity contribution < 1.29 is 0 Å². The van der Waals surface area contributed by atoms with Crippen molar-refractivity contribution >= 4 is 14.5 Å². The van der Waals surface area contributed by atoms with Gasteiger partial charge in [-0.1, -0.05) is 0 Å². The molecule has 2 nitrogen and oxygen atoms in total. The summed E-state index contributed by atoms with van der Waals surface area (Å²) in [6, 6.07) is 8.41. The summed E-state index contributed by atoms with van der Waals surface area (Å²) in [4.78, 5) is 0. The van der Waals surface area contributed by atoms with Crippen LogP contribution in [0.2, 0.25) is 0 Å². The third-order valence-corrected chi connectivity index (χ3v) is 3.21. The molecule has 0 spiro atoms. The SMILES string of the molecule is Cc1ccc(-c2nnc[se]2)cc1. The van der Waals surface area contributed by atoms with Gasteiger partial charge in [-0.2, -0.15) is 0 Å². The average molecular weight is 223 g/mol. The molecule has 1 heterocycles. The molecule has 0 amide bonds. The van der Waals surface area contributed by atoms with E-state index >= 15 is 0 Å². The summed E-state index contributed by atoms with van der Waals surface area (Å²) in [6.45, 7) is 2.09. The Labute approximate surface area is 77.0 Å². The predicted molar refractivity (Wildman–Crippen MR) is 49.1 cm³/mol. The van der Waals surface area contributed by atoms with E-state index in [9.17, 15) is 0 Å². The number of benzene rings is 1. The van der Waals surface area contributed by atoms with E-state index in [0.717, 1.165) is 4.57 Å². The summed E-state index contributed by atoms with van der Waals surface area (Å²) >= 11 is 0.343.